The van der Waals surface area contributed by atoms with Gasteiger partial charge in [0.25, 0.3) is 0 Å². The van der Waals surface area contributed by atoms with Crippen LogP contribution in [0.2, 0.25) is 0 Å². The molecule has 0 saturated carbocycles. The molecule has 2 saturated heterocycles. The molecule has 2 fully saturated rings. The smallest absolute Gasteiger partial charge is 0.342 e. The Morgan fingerprint density at radius 3 is 3.00 bits per heavy atom. The lowest BCUT2D eigenvalue weighted by molar-refractivity contribution is -0.250. The fraction of sp³-hybridized carbons (Fsp3) is 0.857. The maximum absolute atomic E-state index is 10.8. The predicted octanol–water partition coefficient (Wildman–Crippen LogP) is 0.481. The summed E-state index contributed by atoms with van der Waals surface area (Å²) in [6.07, 6.45) is 2.00. The predicted molar refractivity (Wildman–Crippen MR) is 33.5 cm³/mol. The van der Waals surface area contributed by atoms with E-state index in [4.69, 9.17) is 9.47 Å². The van der Waals surface area contributed by atoms with Gasteiger partial charge in [0.05, 0.1) is 0 Å². The van der Waals surface area contributed by atoms with Gasteiger partial charge in [-0.15, -0.1) is 0 Å². The van der Waals surface area contributed by atoms with Crippen LogP contribution in [0, 0.1) is 0 Å². The van der Waals surface area contributed by atoms with Crippen LogP contribution in [0.3, 0.4) is 0 Å². The van der Waals surface area contributed by atoms with E-state index in [2.05, 4.69) is 0 Å². The molecule has 0 bridgehead atoms. The quantitative estimate of drug-likeness (QED) is 0.461. The van der Waals surface area contributed by atoms with Crippen LogP contribution in [0.5, 0.6) is 0 Å². The summed E-state index contributed by atoms with van der Waals surface area (Å²) in [5.74, 6) is -0.197. The summed E-state index contributed by atoms with van der Waals surface area (Å²) in [5, 5.41) is 0. The highest BCUT2D eigenvalue weighted by Gasteiger charge is 2.56. The summed E-state index contributed by atoms with van der Waals surface area (Å²) in [7, 11) is 0. The number of fused-ring (bicyclic) bond motifs is 1. The van der Waals surface area contributed by atoms with E-state index in [1.54, 1.807) is 0 Å². The maximum Gasteiger partial charge on any atom is 0.342 e. The zero-order chi connectivity index (χ0) is 7.19. The molecule has 0 N–H and O–H groups in total. The minimum Gasteiger partial charge on any atom is -0.456 e. The average molecular weight is 142 g/mol. The standard InChI is InChI=1S/C7H10O3/c1-7-5(10-6(7)8)3-2-4-9-7/h5H,2-4H2,1H3/t5-,7+/m1/s1. The molecule has 0 unspecified atom stereocenters. The number of esters is 1. The van der Waals surface area contributed by atoms with Gasteiger partial charge < -0.3 is 9.47 Å². The van der Waals surface area contributed by atoms with Gasteiger partial charge >= 0.3 is 5.97 Å². The van der Waals surface area contributed by atoms with Crippen molar-refractivity contribution in [2.24, 2.45) is 0 Å². The highest BCUT2D eigenvalue weighted by Crippen LogP contribution is 2.37. The number of carbonyl (C=O) groups excluding carboxylic acids is 1. The first-order valence-electron chi connectivity index (χ1n) is 3.58. The summed E-state index contributed by atoms with van der Waals surface area (Å²) < 4.78 is 10.2. The lowest BCUT2D eigenvalue weighted by atomic mass is 9.87. The van der Waals surface area contributed by atoms with Crippen LogP contribution >= 0.6 is 0 Å². The summed E-state index contributed by atoms with van der Waals surface area (Å²) >= 11 is 0. The van der Waals surface area contributed by atoms with Crippen molar-refractivity contribution >= 4 is 5.97 Å². The molecule has 2 atom stereocenters. The molecule has 56 valence electrons. The summed E-state index contributed by atoms with van der Waals surface area (Å²) in [4.78, 5) is 10.8. The van der Waals surface area contributed by atoms with E-state index < -0.39 is 5.60 Å². The SMILES string of the molecule is C[C@]12OCCC[C@H]1OC2=O. The minimum absolute atomic E-state index is 0.0359. The zero-order valence-electron chi connectivity index (χ0n) is 5.92. The highest BCUT2D eigenvalue weighted by molar-refractivity contribution is 5.85. The Morgan fingerprint density at radius 2 is 2.50 bits per heavy atom. The van der Waals surface area contributed by atoms with E-state index in [-0.39, 0.29) is 12.1 Å². The first-order valence-corrected chi connectivity index (χ1v) is 3.58. The molecule has 0 aromatic heterocycles. The summed E-state index contributed by atoms with van der Waals surface area (Å²) in [5.41, 5.74) is -0.585. The second kappa shape index (κ2) is 1.72. The second-order valence-electron chi connectivity index (χ2n) is 2.99. The molecule has 2 rings (SSSR count). The fourth-order valence-corrected chi connectivity index (χ4v) is 1.47. The van der Waals surface area contributed by atoms with E-state index in [1.807, 2.05) is 6.92 Å². The topological polar surface area (TPSA) is 35.5 Å². The van der Waals surface area contributed by atoms with Crippen molar-refractivity contribution < 1.29 is 14.3 Å². The Kier molecular flexibility index (Phi) is 1.06. The first kappa shape index (κ1) is 6.16. The van der Waals surface area contributed by atoms with Crippen LogP contribution < -0.4 is 0 Å². The molecule has 0 radical (unpaired) electrons. The van der Waals surface area contributed by atoms with Gasteiger partial charge in [-0.25, -0.2) is 4.79 Å². The molecule has 2 aliphatic rings. The molecule has 0 spiro atoms. The van der Waals surface area contributed by atoms with Gasteiger partial charge in [0, 0.05) is 6.61 Å². The molecule has 2 aliphatic heterocycles. The van der Waals surface area contributed by atoms with E-state index >= 15 is 0 Å². The van der Waals surface area contributed by atoms with Crippen molar-refractivity contribution in [2.45, 2.75) is 31.5 Å². The maximum atomic E-state index is 10.8. The zero-order valence-corrected chi connectivity index (χ0v) is 5.92. The van der Waals surface area contributed by atoms with Gasteiger partial charge in [-0.1, -0.05) is 0 Å². The molecule has 0 aromatic carbocycles. The van der Waals surface area contributed by atoms with Crippen molar-refractivity contribution in [2.75, 3.05) is 6.61 Å². The van der Waals surface area contributed by atoms with E-state index in [1.165, 1.54) is 0 Å². The lowest BCUT2D eigenvalue weighted by Crippen LogP contribution is -2.64. The average Bonchev–Trinajstić information content (AvgIpc) is 1.93. The van der Waals surface area contributed by atoms with Crippen LogP contribution in [0.1, 0.15) is 19.8 Å². The molecule has 10 heavy (non-hydrogen) atoms. The van der Waals surface area contributed by atoms with Crippen molar-refractivity contribution in [1.29, 1.82) is 0 Å². The third-order valence-corrected chi connectivity index (χ3v) is 2.28. The van der Waals surface area contributed by atoms with Crippen molar-refractivity contribution in [3.8, 4) is 0 Å². The lowest BCUT2D eigenvalue weighted by Gasteiger charge is -2.46. The van der Waals surface area contributed by atoms with Crippen LogP contribution in [-0.4, -0.2) is 24.3 Å². The second-order valence-corrected chi connectivity index (χ2v) is 2.99. The number of ether oxygens (including phenoxy) is 2. The molecule has 0 aliphatic carbocycles. The van der Waals surface area contributed by atoms with Crippen molar-refractivity contribution in [3.63, 3.8) is 0 Å². The van der Waals surface area contributed by atoms with Gasteiger partial charge in [0.2, 0.25) is 0 Å². The molecule has 0 aromatic rings. The molecular weight excluding hydrogens is 132 g/mol. The van der Waals surface area contributed by atoms with Gasteiger partial charge in [0.1, 0.15) is 6.10 Å². The van der Waals surface area contributed by atoms with Crippen LogP contribution in [0.25, 0.3) is 0 Å². The monoisotopic (exact) mass is 142 g/mol. The highest BCUT2D eigenvalue weighted by atomic mass is 16.6. The van der Waals surface area contributed by atoms with Crippen LogP contribution in [0.4, 0.5) is 0 Å². The Balaban J connectivity index is 2.15. The number of rotatable bonds is 0. The number of carbonyl (C=O) groups is 1. The van der Waals surface area contributed by atoms with Gasteiger partial charge in [-0.3, -0.25) is 0 Å². The normalized spacial score (nSPS) is 45.3. The minimum atomic E-state index is -0.585. The molecular formula is C7H10O3. The van der Waals surface area contributed by atoms with Gasteiger partial charge in [0.15, 0.2) is 5.60 Å². The third-order valence-electron chi connectivity index (χ3n) is 2.28. The molecule has 0 amide bonds. The summed E-state index contributed by atoms with van der Waals surface area (Å²) in [6, 6.07) is 0. The van der Waals surface area contributed by atoms with Crippen molar-refractivity contribution in [3.05, 3.63) is 0 Å². The Morgan fingerprint density at radius 1 is 1.70 bits per heavy atom. The van der Waals surface area contributed by atoms with Crippen molar-refractivity contribution in [1.82, 2.24) is 0 Å². The fourth-order valence-electron chi connectivity index (χ4n) is 1.47. The molecule has 3 heteroatoms. The van der Waals surface area contributed by atoms with Crippen LogP contribution in [0.15, 0.2) is 0 Å². The molecule has 3 nitrogen and oxygen atoms in total. The van der Waals surface area contributed by atoms with E-state index in [0.717, 1.165) is 12.8 Å². The van der Waals surface area contributed by atoms with Crippen LogP contribution in [-0.2, 0) is 14.3 Å². The van der Waals surface area contributed by atoms with E-state index in [0.29, 0.717) is 6.61 Å². The Labute approximate surface area is 59.3 Å². The largest absolute Gasteiger partial charge is 0.456 e. The van der Waals surface area contributed by atoms with E-state index in [9.17, 15) is 4.79 Å². The molecule has 2 heterocycles. The van der Waals surface area contributed by atoms with Gasteiger partial charge in [-0.05, 0) is 19.8 Å². The summed E-state index contributed by atoms with van der Waals surface area (Å²) in [6.45, 7) is 2.50. The van der Waals surface area contributed by atoms with Gasteiger partial charge in [-0.2, -0.15) is 0 Å². The third kappa shape index (κ3) is 0.560. The number of hydrogen-bond acceptors (Lipinski definition) is 3. The Hall–Kier alpha value is -0.570. The first-order chi connectivity index (χ1) is 4.73. The number of hydrogen-bond donors (Lipinski definition) is 0. The Bertz CT molecular complexity index is 178.